The molecule has 22 heavy (non-hydrogen) atoms. The summed E-state index contributed by atoms with van der Waals surface area (Å²) >= 11 is 0. The van der Waals surface area contributed by atoms with Gasteiger partial charge >= 0.3 is 5.97 Å². The summed E-state index contributed by atoms with van der Waals surface area (Å²) in [4.78, 5) is 23.0. The zero-order valence-corrected chi connectivity index (χ0v) is 13.1. The van der Waals surface area contributed by atoms with Crippen molar-refractivity contribution in [3.05, 3.63) is 23.7 Å². The summed E-state index contributed by atoms with van der Waals surface area (Å²) in [7, 11) is 0. The fraction of sp³-hybridized carbons (Fsp3) is 0.647. The van der Waals surface area contributed by atoms with Gasteiger partial charge in [0.05, 0.1) is 0 Å². The first-order valence-electron chi connectivity index (χ1n) is 8.13. The van der Waals surface area contributed by atoms with Crippen molar-refractivity contribution in [2.24, 2.45) is 5.92 Å². The van der Waals surface area contributed by atoms with Gasteiger partial charge in [0.15, 0.2) is 5.76 Å². The monoisotopic (exact) mass is 307 g/mol. The summed E-state index contributed by atoms with van der Waals surface area (Å²) in [6, 6.07) is 3.30. The highest BCUT2D eigenvalue weighted by molar-refractivity contribution is 5.91. The predicted octanol–water partition coefficient (Wildman–Crippen LogP) is 3.52. The third-order valence-corrected chi connectivity index (χ3v) is 4.35. The topological polar surface area (TPSA) is 79.5 Å². The second-order valence-corrected chi connectivity index (χ2v) is 6.25. The first-order chi connectivity index (χ1) is 10.5. The van der Waals surface area contributed by atoms with Gasteiger partial charge in [-0.2, -0.15) is 0 Å². The smallest absolute Gasteiger partial charge is 0.303 e. The van der Waals surface area contributed by atoms with E-state index >= 15 is 0 Å². The van der Waals surface area contributed by atoms with Crippen LogP contribution in [0.15, 0.2) is 16.5 Å². The molecular formula is C17H25NO4. The van der Waals surface area contributed by atoms with Gasteiger partial charge < -0.3 is 14.8 Å². The summed E-state index contributed by atoms with van der Waals surface area (Å²) in [5.74, 6) is 0.503. The van der Waals surface area contributed by atoms with Crippen molar-refractivity contribution < 1.29 is 19.1 Å². The number of carboxylic acids is 1. The van der Waals surface area contributed by atoms with Crippen molar-refractivity contribution in [2.45, 2.75) is 64.3 Å². The maximum Gasteiger partial charge on any atom is 0.303 e. The van der Waals surface area contributed by atoms with Gasteiger partial charge in [-0.05, 0) is 37.8 Å². The third-order valence-electron chi connectivity index (χ3n) is 4.35. The number of hydrogen-bond donors (Lipinski definition) is 2. The predicted molar refractivity (Wildman–Crippen MR) is 82.8 cm³/mol. The molecule has 1 aromatic rings. The standard InChI is InChI=1S/C17H25NO4/c1-12-7-9-15(22-12)17(21)18-14(8-10-16(19)20)11-13-5-3-2-4-6-13/h7,9,13-14H,2-6,8,10-11H2,1H3,(H,18,21)(H,19,20). The Morgan fingerprint density at radius 1 is 1.32 bits per heavy atom. The number of carbonyl (C=O) groups is 2. The van der Waals surface area contributed by atoms with Crippen LogP contribution in [0.1, 0.15) is 67.7 Å². The van der Waals surface area contributed by atoms with Gasteiger partial charge in [0, 0.05) is 12.5 Å². The van der Waals surface area contributed by atoms with Gasteiger partial charge in [0.1, 0.15) is 5.76 Å². The summed E-state index contributed by atoms with van der Waals surface area (Å²) < 4.78 is 5.33. The molecule has 5 heteroatoms. The molecule has 122 valence electrons. The molecule has 0 aliphatic heterocycles. The fourth-order valence-corrected chi connectivity index (χ4v) is 3.18. The second-order valence-electron chi connectivity index (χ2n) is 6.25. The van der Waals surface area contributed by atoms with Crippen molar-refractivity contribution in [3.8, 4) is 0 Å². The molecule has 1 aliphatic carbocycles. The van der Waals surface area contributed by atoms with Crippen LogP contribution in [-0.4, -0.2) is 23.0 Å². The van der Waals surface area contributed by atoms with Crippen molar-refractivity contribution in [1.29, 1.82) is 0 Å². The molecular weight excluding hydrogens is 282 g/mol. The van der Waals surface area contributed by atoms with E-state index in [9.17, 15) is 9.59 Å². The number of carbonyl (C=O) groups excluding carboxylic acids is 1. The number of aliphatic carboxylic acids is 1. The minimum absolute atomic E-state index is 0.0782. The summed E-state index contributed by atoms with van der Waals surface area (Å²) in [5, 5.41) is 11.8. The minimum Gasteiger partial charge on any atom is -0.481 e. The van der Waals surface area contributed by atoms with Crippen LogP contribution in [0.2, 0.25) is 0 Å². The highest BCUT2D eigenvalue weighted by atomic mass is 16.4. The Morgan fingerprint density at radius 2 is 2.05 bits per heavy atom. The number of aryl methyl sites for hydroxylation is 1. The normalized spacial score (nSPS) is 17.1. The van der Waals surface area contributed by atoms with Gasteiger partial charge in [0.25, 0.3) is 5.91 Å². The van der Waals surface area contributed by atoms with Crippen LogP contribution < -0.4 is 5.32 Å². The molecule has 1 amide bonds. The van der Waals surface area contributed by atoms with Gasteiger partial charge in [-0.25, -0.2) is 0 Å². The Balaban J connectivity index is 1.93. The molecule has 2 rings (SSSR count). The molecule has 1 aliphatic rings. The van der Waals surface area contributed by atoms with E-state index in [-0.39, 0.29) is 18.4 Å². The van der Waals surface area contributed by atoms with Gasteiger partial charge in [0.2, 0.25) is 0 Å². The second kappa shape index (κ2) is 8.01. The maximum absolute atomic E-state index is 12.2. The lowest BCUT2D eigenvalue weighted by molar-refractivity contribution is -0.137. The van der Waals surface area contributed by atoms with Crippen molar-refractivity contribution in [3.63, 3.8) is 0 Å². The van der Waals surface area contributed by atoms with E-state index in [4.69, 9.17) is 9.52 Å². The molecule has 1 unspecified atom stereocenters. The summed E-state index contributed by atoms with van der Waals surface area (Å²) in [6.45, 7) is 1.79. The molecule has 1 fully saturated rings. The number of rotatable bonds is 7. The lowest BCUT2D eigenvalue weighted by atomic mass is 9.84. The maximum atomic E-state index is 12.2. The number of hydrogen-bond acceptors (Lipinski definition) is 3. The van der Waals surface area contributed by atoms with E-state index in [0.29, 0.717) is 23.9 Å². The van der Waals surface area contributed by atoms with E-state index in [1.54, 1.807) is 19.1 Å². The SMILES string of the molecule is Cc1ccc(C(=O)NC(CCC(=O)O)CC2CCCCC2)o1. The average molecular weight is 307 g/mol. The van der Waals surface area contributed by atoms with E-state index in [1.807, 2.05) is 0 Å². The first-order valence-corrected chi connectivity index (χ1v) is 8.13. The lowest BCUT2D eigenvalue weighted by Crippen LogP contribution is -2.37. The minimum atomic E-state index is -0.822. The Bertz CT molecular complexity index is 503. The van der Waals surface area contributed by atoms with Gasteiger partial charge in [-0.3, -0.25) is 9.59 Å². The molecule has 0 bridgehead atoms. The quantitative estimate of drug-likeness (QED) is 0.807. The first kappa shape index (κ1) is 16.6. The molecule has 0 saturated heterocycles. The highest BCUT2D eigenvalue weighted by Crippen LogP contribution is 2.28. The Kier molecular flexibility index (Phi) is 6.04. The number of amides is 1. The number of furan rings is 1. The fourth-order valence-electron chi connectivity index (χ4n) is 3.18. The van der Waals surface area contributed by atoms with Crippen molar-refractivity contribution in [2.75, 3.05) is 0 Å². The highest BCUT2D eigenvalue weighted by Gasteiger charge is 2.22. The van der Waals surface area contributed by atoms with E-state index in [0.717, 1.165) is 6.42 Å². The summed E-state index contributed by atoms with van der Waals surface area (Å²) in [6.07, 6.45) is 7.53. The van der Waals surface area contributed by atoms with E-state index in [1.165, 1.54) is 32.1 Å². The Hall–Kier alpha value is -1.78. The van der Waals surface area contributed by atoms with Crippen LogP contribution in [0.5, 0.6) is 0 Å². The van der Waals surface area contributed by atoms with Crippen LogP contribution >= 0.6 is 0 Å². The molecule has 0 spiro atoms. The van der Waals surface area contributed by atoms with Gasteiger partial charge in [-0.1, -0.05) is 32.1 Å². The van der Waals surface area contributed by atoms with Crippen molar-refractivity contribution >= 4 is 11.9 Å². The van der Waals surface area contributed by atoms with Gasteiger partial charge in [-0.15, -0.1) is 0 Å². The Morgan fingerprint density at radius 3 is 2.64 bits per heavy atom. The Labute approximate surface area is 131 Å². The average Bonchev–Trinajstić information content (AvgIpc) is 2.92. The molecule has 0 radical (unpaired) electrons. The zero-order chi connectivity index (χ0) is 15.9. The van der Waals surface area contributed by atoms with Crippen LogP contribution in [-0.2, 0) is 4.79 Å². The molecule has 1 aromatic heterocycles. The summed E-state index contributed by atoms with van der Waals surface area (Å²) in [5.41, 5.74) is 0. The molecule has 2 N–H and O–H groups in total. The van der Waals surface area contributed by atoms with Crippen molar-refractivity contribution in [1.82, 2.24) is 5.32 Å². The molecule has 1 heterocycles. The molecule has 5 nitrogen and oxygen atoms in total. The van der Waals surface area contributed by atoms with Crippen LogP contribution in [0, 0.1) is 12.8 Å². The molecule has 1 atom stereocenters. The molecule has 1 saturated carbocycles. The van der Waals surface area contributed by atoms with E-state index < -0.39 is 5.97 Å². The third kappa shape index (κ3) is 5.20. The number of nitrogens with one attached hydrogen (secondary N) is 1. The van der Waals surface area contributed by atoms with E-state index in [2.05, 4.69) is 5.32 Å². The van der Waals surface area contributed by atoms with Crippen LogP contribution in [0.4, 0.5) is 0 Å². The van der Waals surface area contributed by atoms with Crippen LogP contribution in [0.25, 0.3) is 0 Å². The lowest BCUT2D eigenvalue weighted by Gasteiger charge is -2.26. The van der Waals surface area contributed by atoms with Crippen LogP contribution in [0.3, 0.4) is 0 Å². The number of carboxylic acid groups (broad SMARTS) is 1. The largest absolute Gasteiger partial charge is 0.481 e. The zero-order valence-electron chi connectivity index (χ0n) is 13.1. The molecule has 0 aromatic carbocycles.